The van der Waals surface area contributed by atoms with E-state index >= 15 is 0 Å². The van der Waals surface area contributed by atoms with Gasteiger partial charge in [0.15, 0.2) is 11.5 Å². The Bertz CT molecular complexity index is 602. The van der Waals surface area contributed by atoms with E-state index in [0.29, 0.717) is 17.4 Å². The third kappa shape index (κ3) is 2.09. The number of aromatic nitrogens is 2. The molecule has 0 radical (unpaired) electrons. The predicted molar refractivity (Wildman–Crippen MR) is 76.9 cm³/mol. The Kier molecular flexibility index (Phi) is 3.30. The lowest BCUT2D eigenvalue weighted by Crippen LogP contribution is -2.26. The normalized spacial score (nSPS) is 11.8. The van der Waals surface area contributed by atoms with Crippen LogP contribution < -0.4 is 15.2 Å². The lowest BCUT2D eigenvalue weighted by Gasteiger charge is -2.27. The monoisotopic (exact) mass is 263 g/mol. The van der Waals surface area contributed by atoms with E-state index in [2.05, 4.69) is 25.8 Å². The molecule has 2 rings (SSSR count). The smallest absolute Gasteiger partial charge is 0.201 e. The molecule has 0 saturated carbocycles. The van der Waals surface area contributed by atoms with Crippen LogP contribution in [0.25, 0.3) is 11.0 Å². The molecule has 19 heavy (non-hydrogen) atoms. The number of ether oxygens (including phenoxy) is 2. The Labute approximate surface area is 113 Å². The van der Waals surface area contributed by atoms with Crippen molar-refractivity contribution < 1.29 is 9.47 Å². The molecule has 2 N–H and O–H groups in total. The van der Waals surface area contributed by atoms with E-state index in [1.807, 2.05) is 16.7 Å². The topological polar surface area (TPSA) is 62.3 Å². The molecule has 0 fully saturated rings. The molecule has 0 aliphatic heterocycles. The van der Waals surface area contributed by atoms with Crippen LogP contribution in [0, 0.1) is 0 Å². The number of rotatable bonds is 4. The van der Waals surface area contributed by atoms with Crippen LogP contribution in [0.3, 0.4) is 0 Å². The van der Waals surface area contributed by atoms with Gasteiger partial charge < -0.3 is 19.8 Å². The Morgan fingerprint density at radius 1 is 1.21 bits per heavy atom. The van der Waals surface area contributed by atoms with Crippen LogP contribution >= 0.6 is 0 Å². The molecule has 2 aromatic rings. The molecule has 1 heterocycles. The molecule has 104 valence electrons. The number of fused-ring (bicyclic) bond motifs is 1. The van der Waals surface area contributed by atoms with E-state index in [1.165, 1.54) is 0 Å². The number of hydrogen-bond acceptors (Lipinski definition) is 4. The number of nitrogens with zero attached hydrogens (tertiary/aromatic N) is 2. The maximum Gasteiger partial charge on any atom is 0.201 e. The molecular weight excluding hydrogens is 242 g/mol. The molecule has 0 saturated heterocycles. The molecule has 5 nitrogen and oxygen atoms in total. The Balaban J connectivity index is 2.76. The molecule has 0 unspecified atom stereocenters. The van der Waals surface area contributed by atoms with E-state index in [4.69, 9.17) is 15.2 Å². The van der Waals surface area contributed by atoms with Crippen molar-refractivity contribution in [1.82, 2.24) is 9.55 Å². The highest BCUT2D eigenvalue weighted by atomic mass is 16.5. The van der Waals surface area contributed by atoms with Gasteiger partial charge in [-0.3, -0.25) is 0 Å². The molecule has 1 aromatic heterocycles. The summed E-state index contributed by atoms with van der Waals surface area (Å²) in [5.74, 6) is 1.86. The van der Waals surface area contributed by atoms with Gasteiger partial charge in [0.05, 0.1) is 25.3 Å². The zero-order valence-electron chi connectivity index (χ0n) is 12.2. The lowest BCUT2D eigenvalue weighted by molar-refractivity contribution is 0.350. The van der Waals surface area contributed by atoms with Gasteiger partial charge in [0.25, 0.3) is 0 Å². The summed E-state index contributed by atoms with van der Waals surface area (Å²) in [6.07, 6.45) is 0.955. The third-order valence-electron chi connectivity index (χ3n) is 3.66. The number of nitrogen functional groups attached to an aromatic ring is 1. The fourth-order valence-electron chi connectivity index (χ4n) is 2.22. The summed E-state index contributed by atoms with van der Waals surface area (Å²) in [6, 6.07) is 3.78. The largest absolute Gasteiger partial charge is 0.493 e. The molecule has 0 amide bonds. The summed E-state index contributed by atoms with van der Waals surface area (Å²) in [5, 5.41) is 0. The van der Waals surface area contributed by atoms with Crippen molar-refractivity contribution in [3.63, 3.8) is 0 Å². The first-order valence-corrected chi connectivity index (χ1v) is 6.35. The van der Waals surface area contributed by atoms with Crippen LogP contribution in [0.15, 0.2) is 12.1 Å². The van der Waals surface area contributed by atoms with Gasteiger partial charge in [-0.05, 0) is 20.3 Å². The van der Waals surface area contributed by atoms with Crippen molar-refractivity contribution >= 4 is 17.0 Å². The number of methoxy groups -OCH3 is 2. The van der Waals surface area contributed by atoms with Crippen molar-refractivity contribution in [2.45, 2.75) is 32.7 Å². The first kappa shape index (κ1) is 13.5. The number of anilines is 1. The summed E-state index contributed by atoms with van der Waals surface area (Å²) < 4.78 is 12.7. The summed E-state index contributed by atoms with van der Waals surface area (Å²) >= 11 is 0. The minimum Gasteiger partial charge on any atom is -0.493 e. The summed E-state index contributed by atoms with van der Waals surface area (Å²) in [4.78, 5) is 4.42. The minimum absolute atomic E-state index is 0.0988. The minimum atomic E-state index is -0.0988. The number of imidazole rings is 1. The van der Waals surface area contributed by atoms with Crippen molar-refractivity contribution in [2.75, 3.05) is 20.0 Å². The van der Waals surface area contributed by atoms with E-state index in [-0.39, 0.29) is 5.54 Å². The zero-order valence-corrected chi connectivity index (χ0v) is 12.2. The number of hydrogen-bond donors (Lipinski definition) is 1. The summed E-state index contributed by atoms with van der Waals surface area (Å²) in [7, 11) is 3.23. The first-order valence-electron chi connectivity index (χ1n) is 6.35. The molecule has 0 aliphatic rings. The van der Waals surface area contributed by atoms with E-state index in [9.17, 15) is 0 Å². The second-order valence-corrected chi connectivity index (χ2v) is 5.17. The number of nitrogens with two attached hydrogens (primary N) is 1. The average Bonchev–Trinajstić information content (AvgIpc) is 2.72. The van der Waals surface area contributed by atoms with Crippen LogP contribution in [0.5, 0.6) is 11.5 Å². The zero-order chi connectivity index (χ0) is 14.2. The van der Waals surface area contributed by atoms with E-state index in [0.717, 1.165) is 17.5 Å². The molecule has 5 heteroatoms. The van der Waals surface area contributed by atoms with E-state index in [1.54, 1.807) is 14.2 Å². The highest BCUT2D eigenvalue weighted by molar-refractivity contribution is 5.82. The van der Waals surface area contributed by atoms with Gasteiger partial charge in [-0.1, -0.05) is 6.92 Å². The Morgan fingerprint density at radius 2 is 1.79 bits per heavy atom. The Morgan fingerprint density at radius 3 is 2.32 bits per heavy atom. The second-order valence-electron chi connectivity index (χ2n) is 5.17. The van der Waals surface area contributed by atoms with Gasteiger partial charge >= 0.3 is 0 Å². The van der Waals surface area contributed by atoms with Crippen molar-refractivity contribution in [3.05, 3.63) is 12.1 Å². The maximum absolute atomic E-state index is 6.07. The third-order valence-corrected chi connectivity index (χ3v) is 3.66. The quantitative estimate of drug-likeness (QED) is 0.921. The maximum atomic E-state index is 6.07. The standard InChI is InChI=1S/C14H21N3O2/c1-6-14(2,3)17-10-8-12(19-5)11(18-4)7-9(10)16-13(17)15/h7-8H,6H2,1-5H3,(H2,15,16). The van der Waals surface area contributed by atoms with Crippen LogP contribution in [0.2, 0.25) is 0 Å². The van der Waals surface area contributed by atoms with Crippen LogP contribution in [-0.4, -0.2) is 23.8 Å². The van der Waals surface area contributed by atoms with Crippen molar-refractivity contribution in [1.29, 1.82) is 0 Å². The molecule has 0 bridgehead atoms. The molecular formula is C14H21N3O2. The van der Waals surface area contributed by atoms with Gasteiger partial charge in [-0.2, -0.15) is 0 Å². The van der Waals surface area contributed by atoms with Crippen molar-refractivity contribution in [2.24, 2.45) is 0 Å². The first-order chi connectivity index (χ1) is 8.94. The molecule has 0 atom stereocenters. The second kappa shape index (κ2) is 4.64. The van der Waals surface area contributed by atoms with E-state index < -0.39 is 0 Å². The van der Waals surface area contributed by atoms with Gasteiger partial charge in [0.1, 0.15) is 0 Å². The van der Waals surface area contributed by atoms with Crippen LogP contribution in [-0.2, 0) is 5.54 Å². The van der Waals surface area contributed by atoms with Gasteiger partial charge in [0, 0.05) is 17.7 Å². The fourth-order valence-corrected chi connectivity index (χ4v) is 2.22. The van der Waals surface area contributed by atoms with Crippen molar-refractivity contribution in [3.8, 4) is 11.5 Å². The summed E-state index contributed by atoms with van der Waals surface area (Å²) in [5.41, 5.74) is 7.75. The molecule has 1 aromatic carbocycles. The molecule has 0 spiro atoms. The van der Waals surface area contributed by atoms with Crippen LogP contribution in [0.4, 0.5) is 5.95 Å². The SMILES string of the molecule is CCC(C)(C)n1c(N)nc2cc(OC)c(OC)cc21. The van der Waals surface area contributed by atoms with Crippen LogP contribution in [0.1, 0.15) is 27.2 Å². The molecule has 0 aliphatic carbocycles. The highest BCUT2D eigenvalue weighted by Gasteiger charge is 2.24. The fraction of sp³-hybridized carbons (Fsp3) is 0.500. The number of benzene rings is 1. The average molecular weight is 263 g/mol. The lowest BCUT2D eigenvalue weighted by atomic mass is 10.0. The van der Waals surface area contributed by atoms with Gasteiger partial charge in [-0.15, -0.1) is 0 Å². The highest BCUT2D eigenvalue weighted by Crippen LogP contribution is 2.36. The summed E-state index contributed by atoms with van der Waals surface area (Å²) in [6.45, 7) is 6.41. The Hall–Kier alpha value is -1.91. The van der Waals surface area contributed by atoms with Gasteiger partial charge in [0.2, 0.25) is 5.95 Å². The predicted octanol–water partition coefficient (Wildman–Crippen LogP) is 2.78. The van der Waals surface area contributed by atoms with Gasteiger partial charge in [-0.25, -0.2) is 4.98 Å².